The molecule has 0 amide bonds. The Bertz CT molecular complexity index is 676. The lowest BCUT2D eigenvalue weighted by atomic mass is 10.0. The van der Waals surface area contributed by atoms with Gasteiger partial charge in [-0.1, -0.05) is 12.1 Å². The van der Waals surface area contributed by atoms with Crippen LogP contribution in [0.15, 0.2) is 36.4 Å². The smallest absolute Gasteiger partial charge is 0.123 e. The average molecular weight is 245 g/mol. The zero-order valence-electron chi connectivity index (χ0n) is 8.72. The zero-order chi connectivity index (χ0) is 11.8. The Labute approximate surface area is 101 Å². The number of nitrogen functional groups attached to an aromatic ring is 1. The second-order valence-electron chi connectivity index (χ2n) is 3.67. The van der Waals surface area contributed by atoms with Crippen LogP contribution in [-0.2, 0) is 0 Å². The molecule has 0 saturated carbocycles. The molecule has 0 spiro atoms. The number of fused-ring (bicyclic) bond motifs is 1. The Morgan fingerprint density at radius 3 is 2.53 bits per heavy atom. The van der Waals surface area contributed by atoms with Crippen LogP contribution in [0, 0.1) is 5.82 Å². The summed E-state index contributed by atoms with van der Waals surface area (Å²) in [4.78, 5) is 0. The van der Waals surface area contributed by atoms with E-state index in [1.165, 1.54) is 12.1 Å². The quantitative estimate of drug-likeness (QED) is 0.670. The number of hydrogen-bond donors (Lipinski definition) is 1. The fourth-order valence-electron chi connectivity index (χ4n) is 1.79. The van der Waals surface area contributed by atoms with Crippen molar-refractivity contribution in [1.82, 2.24) is 8.75 Å². The molecule has 0 aliphatic carbocycles. The number of nitrogens with two attached hydrogens (primary N) is 1. The molecule has 5 heteroatoms. The van der Waals surface area contributed by atoms with Crippen molar-refractivity contribution in [2.24, 2.45) is 0 Å². The minimum absolute atomic E-state index is 0.268. The van der Waals surface area contributed by atoms with Crippen LogP contribution in [-0.4, -0.2) is 8.75 Å². The third kappa shape index (κ3) is 1.64. The third-order valence-corrected chi connectivity index (χ3v) is 3.14. The van der Waals surface area contributed by atoms with E-state index in [1.54, 1.807) is 18.2 Å². The van der Waals surface area contributed by atoms with Crippen LogP contribution in [0.2, 0.25) is 0 Å². The summed E-state index contributed by atoms with van der Waals surface area (Å²) in [5.74, 6) is -0.268. The summed E-state index contributed by atoms with van der Waals surface area (Å²) in [5.41, 5.74) is 9.82. The van der Waals surface area contributed by atoms with Crippen LogP contribution >= 0.6 is 11.7 Å². The second kappa shape index (κ2) is 3.78. The topological polar surface area (TPSA) is 51.8 Å². The molecule has 1 aromatic heterocycles. The number of hydrogen-bond acceptors (Lipinski definition) is 4. The molecule has 2 N–H and O–H groups in total. The maximum Gasteiger partial charge on any atom is 0.123 e. The fourth-order valence-corrected chi connectivity index (χ4v) is 2.33. The number of nitrogens with zero attached hydrogens (tertiary/aromatic N) is 2. The molecular weight excluding hydrogens is 237 g/mol. The number of benzene rings is 2. The van der Waals surface area contributed by atoms with E-state index in [0.717, 1.165) is 33.9 Å². The lowest BCUT2D eigenvalue weighted by Crippen LogP contribution is -1.91. The number of halogens is 1. The maximum absolute atomic E-state index is 12.9. The van der Waals surface area contributed by atoms with Gasteiger partial charge in [-0.25, -0.2) is 4.39 Å². The average Bonchev–Trinajstić information content (AvgIpc) is 2.79. The molecule has 84 valence electrons. The van der Waals surface area contributed by atoms with Crippen molar-refractivity contribution in [3.05, 3.63) is 42.2 Å². The van der Waals surface area contributed by atoms with E-state index in [9.17, 15) is 4.39 Å². The van der Waals surface area contributed by atoms with Gasteiger partial charge in [0, 0.05) is 11.3 Å². The molecule has 0 bridgehead atoms. The first-order valence-electron chi connectivity index (χ1n) is 5.02. The summed E-state index contributed by atoms with van der Waals surface area (Å²) >= 11 is 1.14. The van der Waals surface area contributed by atoms with Crippen LogP contribution in [0.3, 0.4) is 0 Å². The molecule has 0 unspecified atom stereocenters. The van der Waals surface area contributed by atoms with Gasteiger partial charge >= 0.3 is 0 Å². The Kier molecular flexibility index (Phi) is 2.26. The summed E-state index contributed by atoms with van der Waals surface area (Å²) in [5, 5.41) is 0. The summed E-state index contributed by atoms with van der Waals surface area (Å²) in [6.07, 6.45) is 0. The highest BCUT2D eigenvalue weighted by molar-refractivity contribution is 7.00. The van der Waals surface area contributed by atoms with Gasteiger partial charge in [0.15, 0.2) is 0 Å². The monoisotopic (exact) mass is 245 g/mol. The second-order valence-corrected chi connectivity index (χ2v) is 4.20. The highest BCUT2D eigenvalue weighted by Gasteiger charge is 2.11. The highest BCUT2D eigenvalue weighted by atomic mass is 32.1. The van der Waals surface area contributed by atoms with Gasteiger partial charge in [0.05, 0.1) is 11.7 Å². The van der Waals surface area contributed by atoms with Crippen LogP contribution in [0.4, 0.5) is 10.1 Å². The molecule has 3 rings (SSSR count). The van der Waals surface area contributed by atoms with Gasteiger partial charge in [-0.05, 0) is 29.8 Å². The van der Waals surface area contributed by atoms with Gasteiger partial charge in [0.1, 0.15) is 16.9 Å². The number of anilines is 1. The molecule has 0 radical (unpaired) electrons. The van der Waals surface area contributed by atoms with Gasteiger partial charge in [-0.15, -0.1) is 0 Å². The standard InChI is InChI=1S/C12H8FN3S/c13-8-3-1-7(2-4-8)11-9(14)5-6-10-12(11)16-17-15-10/h1-6H,14H2. The van der Waals surface area contributed by atoms with Crippen molar-refractivity contribution in [2.75, 3.05) is 5.73 Å². The Morgan fingerprint density at radius 2 is 1.76 bits per heavy atom. The molecule has 0 saturated heterocycles. The summed E-state index contributed by atoms with van der Waals surface area (Å²) in [6, 6.07) is 9.84. The van der Waals surface area contributed by atoms with Crippen molar-refractivity contribution in [2.45, 2.75) is 0 Å². The summed E-state index contributed by atoms with van der Waals surface area (Å²) in [7, 11) is 0. The van der Waals surface area contributed by atoms with Crippen LogP contribution in [0.1, 0.15) is 0 Å². The van der Waals surface area contributed by atoms with Crippen LogP contribution in [0.25, 0.3) is 22.2 Å². The van der Waals surface area contributed by atoms with E-state index in [4.69, 9.17) is 5.73 Å². The lowest BCUT2D eigenvalue weighted by Gasteiger charge is -2.06. The molecule has 1 heterocycles. The van der Waals surface area contributed by atoms with Crippen molar-refractivity contribution in [1.29, 1.82) is 0 Å². The van der Waals surface area contributed by atoms with Crippen LogP contribution < -0.4 is 5.73 Å². The van der Waals surface area contributed by atoms with E-state index >= 15 is 0 Å². The number of aromatic nitrogens is 2. The Morgan fingerprint density at radius 1 is 1.00 bits per heavy atom. The summed E-state index contributed by atoms with van der Waals surface area (Å²) < 4.78 is 21.3. The lowest BCUT2D eigenvalue weighted by molar-refractivity contribution is 0.628. The maximum atomic E-state index is 12.9. The van der Waals surface area contributed by atoms with Crippen molar-refractivity contribution in [3.63, 3.8) is 0 Å². The van der Waals surface area contributed by atoms with Gasteiger partial charge < -0.3 is 5.73 Å². The SMILES string of the molecule is Nc1ccc2nsnc2c1-c1ccc(F)cc1. The van der Waals surface area contributed by atoms with Gasteiger partial charge in [-0.2, -0.15) is 8.75 Å². The van der Waals surface area contributed by atoms with Crippen molar-refractivity contribution in [3.8, 4) is 11.1 Å². The molecule has 0 fully saturated rings. The van der Waals surface area contributed by atoms with Crippen LogP contribution in [0.5, 0.6) is 0 Å². The first-order valence-corrected chi connectivity index (χ1v) is 5.75. The van der Waals surface area contributed by atoms with E-state index in [2.05, 4.69) is 8.75 Å². The molecule has 0 aliphatic rings. The fraction of sp³-hybridized carbons (Fsp3) is 0. The Hall–Kier alpha value is -2.01. The van der Waals surface area contributed by atoms with E-state index in [1.807, 2.05) is 6.07 Å². The minimum atomic E-state index is -0.268. The zero-order valence-corrected chi connectivity index (χ0v) is 9.54. The minimum Gasteiger partial charge on any atom is -0.398 e. The Balaban J connectivity index is 2.31. The third-order valence-electron chi connectivity index (χ3n) is 2.59. The van der Waals surface area contributed by atoms with E-state index in [0.29, 0.717) is 5.69 Å². The molecule has 2 aromatic carbocycles. The largest absolute Gasteiger partial charge is 0.398 e. The first-order chi connectivity index (χ1) is 8.25. The highest BCUT2D eigenvalue weighted by Crippen LogP contribution is 2.32. The molecular formula is C12H8FN3S. The molecule has 3 nitrogen and oxygen atoms in total. The normalized spacial score (nSPS) is 10.9. The predicted octanol–water partition coefficient (Wildman–Crippen LogP) is 3.08. The molecule has 17 heavy (non-hydrogen) atoms. The van der Waals surface area contributed by atoms with Gasteiger partial charge in [0.2, 0.25) is 0 Å². The van der Waals surface area contributed by atoms with E-state index in [-0.39, 0.29) is 5.82 Å². The van der Waals surface area contributed by atoms with E-state index < -0.39 is 0 Å². The van der Waals surface area contributed by atoms with Gasteiger partial charge in [0.25, 0.3) is 0 Å². The number of rotatable bonds is 1. The first kappa shape index (κ1) is 10.2. The molecule has 0 aliphatic heterocycles. The molecule has 0 atom stereocenters. The van der Waals surface area contributed by atoms with Crippen molar-refractivity contribution >= 4 is 28.4 Å². The molecule has 3 aromatic rings. The van der Waals surface area contributed by atoms with Gasteiger partial charge in [-0.3, -0.25) is 0 Å². The predicted molar refractivity (Wildman–Crippen MR) is 67.2 cm³/mol. The van der Waals surface area contributed by atoms with Crippen molar-refractivity contribution < 1.29 is 4.39 Å². The summed E-state index contributed by atoms with van der Waals surface area (Å²) in [6.45, 7) is 0.